The first-order chi connectivity index (χ1) is 8.11. The molecule has 2 heterocycles. The van der Waals surface area contributed by atoms with Crippen LogP contribution in [0.2, 0.25) is 0 Å². The molecule has 5 heteroatoms. The summed E-state index contributed by atoms with van der Waals surface area (Å²) < 4.78 is 23.0. The standard InChI is InChI=1S/C13H24O5/c1-7-9(14)8(2)15-11-10(7)16-13(6,17-11)18-12(3,4)5/h7-11,14H,1-6H3/t7?,8-,9-,10-,11?,13?/m0/s1. The third-order valence-electron chi connectivity index (χ3n) is 3.33. The molecule has 0 aromatic carbocycles. The molecule has 0 radical (unpaired) electrons. The van der Waals surface area contributed by atoms with E-state index >= 15 is 0 Å². The second-order valence-electron chi connectivity index (χ2n) is 6.34. The predicted molar refractivity (Wildman–Crippen MR) is 64.7 cm³/mol. The summed E-state index contributed by atoms with van der Waals surface area (Å²) in [7, 11) is 0. The molecule has 0 bridgehead atoms. The first kappa shape index (κ1) is 14.2. The van der Waals surface area contributed by atoms with Gasteiger partial charge >= 0.3 is 0 Å². The lowest BCUT2D eigenvalue weighted by atomic mass is 9.91. The lowest BCUT2D eigenvalue weighted by Crippen LogP contribution is -2.50. The number of aliphatic hydroxyl groups excluding tert-OH is 1. The van der Waals surface area contributed by atoms with Crippen molar-refractivity contribution in [2.45, 2.75) is 77.7 Å². The van der Waals surface area contributed by atoms with Crippen molar-refractivity contribution in [3.05, 3.63) is 0 Å². The van der Waals surface area contributed by atoms with Gasteiger partial charge < -0.3 is 19.3 Å². The first-order valence-electron chi connectivity index (χ1n) is 6.51. The van der Waals surface area contributed by atoms with Crippen LogP contribution in [-0.4, -0.2) is 41.3 Å². The summed E-state index contributed by atoms with van der Waals surface area (Å²) in [6.07, 6.45) is -1.59. The maximum atomic E-state index is 9.99. The van der Waals surface area contributed by atoms with Crippen molar-refractivity contribution in [3.8, 4) is 0 Å². The van der Waals surface area contributed by atoms with Crippen molar-refractivity contribution in [1.29, 1.82) is 0 Å². The Morgan fingerprint density at radius 2 is 1.78 bits per heavy atom. The van der Waals surface area contributed by atoms with Crippen LogP contribution in [0.4, 0.5) is 0 Å². The summed E-state index contributed by atoms with van der Waals surface area (Å²) in [5, 5.41) is 9.99. The number of hydrogen-bond acceptors (Lipinski definition) is 5. The van der Waals surface area contributed by atoms with Crippen LogP contribution in [0.3, 0.4) is 0 Å². The van der Waals surface area contributed by atoms with Crippen molar-refractivity contribution < 1.29 is 24.1 Å². The molecule has 1 N–H and O–H groups in total. The van der Waals surface area contributed by atoms with Gasteiger partial charge in [-0.05, 0) is 27.7 Å². The van der Waals surface area contributed by atoms with Crippen LogP contribution in [0.5, 0.6) is 0 Å². The molecule has 0 saturated carbocycles. The zero-order valence-corrected chi connectivity index (χ0v) is 12.0. The summed E-state index contributed by atoms with van der Waals surface area (Å²) in [5.74, 6) is -1.17. The van der Waals surface area contributed by atoms with Gasteiger partial charge in [-0.15, -0.1) is 0 Å². The van der Waals surface area contributed by atoms with Crippen LogP contribution < -0.4 is 0 Å². The topological polar surface area (TPSA) is 57.2 Å². The van der Waals surface area contributed by atoms with Crippen molar-refractivity contribution >= 4 is 0 Å². The summed E-state index contributed by atoms with van der Waals surface area (Å²) in [5.41, 5.74) is -0.379. The first-order valence-corrected chi connectivity index (χ1v) is 6.51. The van der Waals surface area contributed by atoms with Gasteiger partial charge in [-0.3, -0.25) is 4.74 Å². The molecule has 2 aliphatic rings. The lowest BCUT2D eigenvalue weighted by Gasteiger charge is -2.37. The number of aliphatic hydroxyl groups is 1. The smallest absolute Gasteiger partial charge is 0.283 e. The maximum Gasteiger partial charge on any atom is 0.283 e. The molecule has 106 valence electrons. The Balaban J connectivity index is 2.11. The number of fused-ring (bicyclic) bond motifs is 1. The normalized spacial score (nSPS) is 49.2. The minimum Gasteiger partial charge on any atom is -0.390 e. The number of ether oxygens (including phenoxy) is 4. The average molecular weight is 260 g/mol. The molecular formula is C13H24O5. The zero-order valence-electron chi connectivity index (χ0n) is 12.0. The highest BCUT2D eigenvalue weighted by Crippen LogP contribution is 2.41. The van der Waals surface area contributed by atoms with Crippen molar-refractivity contribution in [2.24, 2.45) is 5.92 Å². The third kappa shape index (κ3) is 2.70. The molecule has 3 unspecified atom stereocenters. The maximum absolute atomic E-state index is 9.99. The molecule has 2 saturated heterocycles. The molecule has 18 heavy (non-hydrogen) atoms. The molecule has 0 aromatic heterocycles. The van der Waals surface area contributed by atoms with Crippen molar-refractivity contribution in [1.82, 2.24) is 0 Å². The van der Waals surface area contributed by atoms with E-state index in [1.54, 1.807) is 6.92 Å². The van der Waals surface area contributed by atoms with Crippen LogP contribution in [0.25, 0.3) is 0 Å². The van der Waals surface area contributed by atoms with Gasteiger partial charge in [0.1, 0.15) is 6.10 Å². The summed E-state index contributed by atoms with van der Waals surface area (Å²) in [6.45, 7) is 11.3. The fraction of sp³-hybridized carbons (Fsp3) is 1.00. The van der Waals surface area contributed by atoms with Crippen LogP contribution in [0, 0.1) is 5.92 Å². The van der Waals surface area contributed by atoms with Crippen LogP contribution in [0.1, 0.15) is 41.5 Å². The molecular weight excluding hydrogens is 236 g/mol. The van der Waals surface area contributed by atoms with Crippen LogP contribution >= 0.6 is 0 Å². The van der Waals surface area contributed by atoms with E-state index in [9.17, 15) is 5.11 Å². The molecule has 0 amide bonds. The molecule has 5 nitrogen and oxygen atoms in total. The van der Waals surface area contributed by atoms with Gasteiger partial charge in [0, 0.05) is 12.8 Å². The highest BCUT2D eigenvalue weighted by atomic mass is 16.9. The molecule has 2 rings (SSSR count). The van der Waals surface area contributed by atoms with Gasteiger partial charge in [-0.2, -0.15) is 0 Å². The molecule has 0 aliphatic carbocycles. The monoisotopic (exact) mass is 260 g/mol. The Kier molecular flexibility index (Phi) is 3.49. The third-order valence-corrected chi connectivity index (χ3v) is 3.33. The summed E-state index contributed by atoms with van der Waals surface area (Å²) in [4.78, 5) is 0. The quantitative estimate of drug-likeness (QED) is 0.776. The van der Waals surface area contributed by atoms with E-state index in [-0.39, 0.29) is 23.7 Å². The Bertz CT molecular complexity index is 313. The molecule has 6 atom stereocenters. The molecule has 2 aliphatic heterocycles. The fourth-order valence-corrected chi connectivity index (χ4v) is 2.59. The van der Waals surface area contributed by atoms with E-state index < -0.39 is 18.4 Å². The fourth-order valence-electron chi connectivity index (χ4n) is 2.59. The highest BCUT2D eigenvalue weighted by Gasteiger charge is 2.54. The van der Waals surface area contributed by atoms with Gasteiger partial charge in [0.25, 0.3) is 5.97 Å². The Hall–Kier alpha value is -0.200. The predicted octanol–water partition coefficient (Wildman–Crippen LogP) is 1.63. The number of hydrogen-bond donors (Lipinski definition) is 1. The SMILES string of the molecule is CC1[C@@H]2OC(C)(OC(C)(C)C)OC2O[C@@H](C)[C@H]1O. The van der Waals surface area contributed by atoms with Crippen molar-refractivity contribution in [2.75, 3.05) is 0 Å². The second kappa shape index (κ2) is 4.42. The lowest BCUT2D eigenvalue weighted by molar-refractivity contribution is -0.370. The van der Waals surface area contributed by atoms with E-state index in [2.05, 4.69) is 0 Å². The van der Waals surface area contributed by atoms with Gasteiger partial charge in [0.05, 0.1) is 17.8 Å². The molecule has 0 aromatic rings. The van der Waals surface area contributed by atoms with E-state index in [0.29, 0.717) is 0 Å². The van der Waals surface area contributed by atoms with Crippen LogP contribution in [0.15, 0.2) is 0 Å². The van der Waals surface area contributed by atoms with Gasteiger partial charge in [0.15, 0.2) is 6.29 Å². The average Bonchev–Trinajstić information content (AvgIpc) is 2.48. The molecule has 0 spiro atoms. The Labute approximate surface area is 108 Å². The summed E-state index contributed by atoms with van der Waals surface area (Å²) >= 11 is 0. The van der Waals surface area contributed by atoms with E-state index in [1.807, 2.05) is 34.6 Å². The minimum atomic E-state index is -1.12. The largest absolute Gasteiger partial charge is 0.390 e. The van der Waals surface area contributed by atoms with E-state index in [1.165, 1.54) is 0 Å². The number of rotatable bonds is 1. The Morgan fingerprint density at radius 1 is 1.17 bits per heavy atom. The minimum absolute atomic E-state index is 0.0517. The molecule has 2 fully saturated rings. The van der Waals surface area contributed by atoms with E-state index in [0.717, 1.165) is 0 Å². The Morgan fingerprint density at radius 3 is 2.33 bits per heavy atom. The van der Waals surface area contributed by atoms with Gasteiger partial charge in [-0.1, -0.05) is 6.92 Å². The van der Waals surface area contributed by atoms with Crippen molar-refractivity contribution in [3.63, 3.8) is 0 Å². The van der Waals surface area contributed by atoms with Crippen LogP contribution in [-0.2, 0) is 18.9 Å². The highest BCUT2D eigenvalue weighted by molar-refractivity contribution is 4.90. The van der Waals surface area contributed by atoms with Gasteiger partial charge in [0.2, 0.25) is 0 Å². The van der Waals surface area contributed by atoms with Gasteiger partial charge in [-0.25, -0.2) is 0 Å². The van der Waals surface area contributed by atoms with E-state index in [4.69, 9.17) is 18.9 Å². The second-order valence-corrected chi connectivity index (χ2v) is 6.34. The zero-order chi connectivity index (χ0) is 13.7. The summed E-state index contributed by atoms with van der Waals surface area (Å²) in [6, 6.07) is 0.